The molecule has 4 nitrogen and oxygen atoms in total. The summed E-state index contributed by atoms with van der Waals surface area (Å²) < 4.78 is 40.8. The van der Waals surface area contributed by atoms with E-state index in [4.69, 9.17) is 18.0 Å². The summed E-state index contributed by atoms with van der Waals surface area (Å²) in [5.41, 5.74) is 6.73. The Balaban J connectivity index is 2.39. The molecular formula is C11H9F3N4S2. The number of aromatic nitrogens is 2. The average Bonchev–Trinajstić information content (AvgIpc) is 2.87. The number of rotatable bonds is 3. The van der Waals surface area contributed by atoms with Gasteiger partial charge >= 0.3 is 6.18 Å². The highest BCUT2D eigenvalue weighted by molar-refractivity contribution is 7.80. The van der Waals surface area contributed by atoms with Gasteiger partial charge in [-0.1, -0.05) is 24.4 Å². The van der Waals surface area contributed by atoms with Gasteiger partial charge in [-0.2, -0.15) is 22.5 Å². The van der Waals surface area contributed by atoms with Crippen molar-refractivity contribution in [3.05, 3.63) is 35.7 Å². The minimum absolute atomic E-state index is 0.112. The maximum Gasteiger partial charge on any atom is 0.452 e. The molecule has 1 aromatic heterocycles. The lowest BCUT2D eigenvalue weighted by Crippen LogP contribution is -2.18. The Morgan fingerprint density at radius 3 is 2.55 bits per heavy atom. The van der Waals surface area contributed by atoms with Crippen molar-refractivity contribution in [2.75, 3.05) is 11.9 Å². The molecule has 0 atom stereocenters. The molecule has 0 fully saturated rings. The van der Waals surface area contributed by atoms with E-state index in [2.05, 4.69) is 9.36 Å². The Labute approximate surface area is 122 Å². The van der Waals surface area contributed by atoms with Gasteiger partial charge in [-0.15, -0.1) is 0 Å². The molecule has 1 heterocycles. The standard InChI is InChI=1S/C11H9F3N4S2/c1-18(7-5-3-2-4-6(7)8(15)19)10-16-9(17-20-10)11(12,13)14/h2-5H,1H3,(H2,15,19). The first kappa shape index (κ1) is 14.7. The van der Waals surface area contributed by atoms with Crippen molar-refractivity contribution in [1.82, 2.24) is 9.36 Å². The molecule has 0 spiro atoms. The van der Waals surface area contributed by atoms with Crippen LogP contribution in [0.4, 0.5) is 24.0 Å². The number of benzene rings is 1. The van der Waals surface area contributed by atoms with Gasteiger partial charge < -0.3 is 10.6 Å². The van der Waals surface area contributed by atoms with Crippen molar-refractivity contribution in [3.63, 3.8) is 0 Å². The molecule has 0 saturated carbocycles. The van der Waals surface area contributed by atoms with Crippen LogP contribution in [0.15, 0.2) is 24.3 Å². The molecular weight excluding hydrogens is 309 g/mol. The molecule has 0 aliphatic carbocycles. The van der Waals surface area contributed by atoms with Crippen molar-refractivity contribution in [1.29, 1.82) is 0 Å². The highest BCUT2D eigenvalue weighted by Gasteiger charge is 2.36. The van der Waals surface area contributed by atoms with Crippen molar-refractivity contribution in [2.24, 2.45) is 5.73 Å². The van der Waals surface area contributed by atoms with Gasteiger partial charge in [0.1, 0.15) is 4.99 Å². The number of hydrogen-bond acceptors (Lipinski definition) is 5. The second-order valence-corrected chi connectivity index (χ2v) is 5.01. The number of hydrogen-bond donors (Lipinski definition) is 1. The second-order valence-electron chi connectivity index (χ2n) is 3.84. The summed E-state index contributed by atoms with van der Waals surface area (Å²) in [5, 5.41) is 0.112. The fraction of sp³-hybridized carbons (Fsp3) is 0.182. The van der Waals surface area contributed by atoms with E-state index in [0.717, 1.165) is 0 Å². The van der Waals surface area contributed by atoms with E-state index in [1.165, 1.54) is 4.90 Å². The summed E-state index contributed by atoms with van der Waals surface area (Å²) in [7, 11) is 1.58. The first-order valence-corrected chi connectivity index (χ1v) is 6.52. The van der Waals surface area contributed by atoms with Crippen LogP contribution in [0.5, 0.6) is 0 Å². The van der Waals surface area contributed by atoms with Crippen LogP contribution in [0.1, 0.15) is 11.4 Å². The summed E-state index contributed by atoms with van der Waals surface area (Å²) >= 11 is 5.58. The number of halogens is 3. The molecule has 9 heteroatoms. The highest BCUT2D eigenvalue weighted by atomic mass is 32.1. The van der Waals surface area contributed by atoms with Gasteiger partial charge in [-0.3, -0.25) is 0 Å². The maximum absolute atomic E-state index is 12.5. The van der Waals surface area contributed by atoms with E-state index in [1.807, 2.05) is 0 Å². The smallest absolute Gasteiger partial charge is 0.389 e. The molecule has 0 unspecified atom stereocenters. The van der Waals surface area contributed by atoms with E-state index in [0.29, 0.717) is 22.8 Å². The number of alkyl halides is 3. The zero-order valence-electron chi connectivity index (χ0n) is 10.2. The van der Waals surface area contributed by atoms with Crippen LogP contribution in [0.3, 0.4) is 0 Å². The number of thiocarbonyl (C=S) groups is 1. The fourth-order valence-electron chi connectivity index (χ4n) is 1.54. The first-order valence-electron chi connectivity index (χ1n) is 5.34. The first-order chi connectivity index (χ1) is 9.30. The summed E-state index contributed by atoms with van der Waals surface area (Å²) in [4.78, 5) is 5.12. The van der Waals surface area contributed by atoms with Crippen LogP contribution < -0.4 is 10.6 Å². The summed E-state index contributed by atoms with van der Waals surface area (Å²) in [6.45, 7) is 0. The average molecular weight is 318 g/mol. The molecule has 0 amide bonds. The lowest BCUT2D eigenvalue weighted by atomic mass is 10.1. The Hall–Kier alpha value is -1.74. The van der Waals surface area contributed by atoms with E-state index < -0.39 is 12.0 Å². The van der Waals surface area contributed by atoms with Crippen LogP contribution in [0, 0.1) is 0 Å². The number of nitrogens with two attached hydrogens (primary N) is 1. The zero-order valence-corrected chi connectivity index (χ0v) is 11.8. The number of nitrogens with zero attached hydrogens (tertiary/aromatic N) is 3. The molecule has 0 aliphatic heterocycles. The molecule has 106 valence electrons. The minimum atomic E-state index is -4.56. The Kier molecular flexibility index (Phi) is 3.91. The Bertz CT molecular complexity index is 639. The number of anilines is 2. The molecule has 20 heavy (non-hydrogen) atoms. The highest BCUT2D eigenvalue weighted by Crippen LogP contribution is 2.33. The van der Waals surface area contributed by atoms with Gasteiger partial charge in [-0.05, 0) is 12.1 Å². The lowest BCUT2D eigenvalue weighted by molar-refractivity contribution is -0.144. The van der Waals surface area contributed by atoms with Crippen LogP contribution in [-0.2, 0) is 6.18 Å². The minimum Gasteiger partial charge on any atom is -0.389 e. The van der Waals surface area contributed by atoms with Gasteiger partial charge in [0, 0.05) is 24.1 Å². The van der Waals surface area contributed by atoms with Gasteiger partial charge in [-0.25, -0.2) is 0 Å². The van der Waals surface area contributed by atoms with Crippen molar-refractivity contribution in [3.8, 4) is 0 Å². The largest absolute Gasteiger partial charge is 0.452 e. The van der Waals surface area contributed by atoms with Gasteiger partial charge in [0.15, 0.2) is 0 Å². The van der Waals surface area contributed by atoms with Gasteiger partial charge in [0.2, 0.25) is 11.0 Å². The molecule has 0 aliphatic rings. The molecule has 2 N–H and O–H groups in total. The van der Waals surface area contributed by atoms with E-state index in [1.54, 1.807) is 31.3 Å². The van der Waals surface area contributed by atoms with Crippen molar-refractivity contribution in [2.45, 2.75) is 6.18 Å². The Morgan fingerprint density at radius 1 is 1.35 bits per heavy atom. The summed E-state index contributed by atoms with van der Waals surface area (Å²) in [6.07, 6.45) is -4.56. The van der Waals surface area contributed by atoms with E-state index >= 15 is 0 Å². The predicted molar refractivity (Wildman–Crippen MR) is 75.3 cm³/mol. The molecule has 2 aromatic rings. The third-order valence-corrected chi connectivity index (χ3v) is 3.50. The van der Waals surface area contributed by atoms with Crippen LogP contribution >= 0.6 is 23.8 Å². The summed E-state index contributed by atoms with van der Waals surface area (Å²) in [5.74, 6) is -1.16. The van der Waals surface area contributed by atoms with Crippen molar-refractivity contribution >= 4 is 39.6 Å². The number of para-hydroxylation sites is 1. The van der Waals surface area contributed by atoms with E-state index in [9.17, 15) is 13.2 Å². The monoisotopic (exact) mass is 318 g/mol. The fourth-order valence-corrected chi connectivity index (χ4v) is 2.38. The summed E-state index contributed by atoms with van der Waals surface area (Å²) in [6, 6.07) is 6.87. The van der Waals surface area contributed by atoms with Crippen molar-refractivity contribution < 1.29 is 13.2 Å². The van der Waals surface area contributed by atoms with E-state index in [-0.39, 0.29) is 10.1 Å². The maximum atomic E-state index is 12.5. The molecule has 0 radical (unpaired) electrons. The lowest BCUT2D eigenvalue weighted by Gasteiger charge is -2.18. The van der Waals surface area contributed by atoms with Gasteiger partial charge in [0.25, 0.3) is 0 Å². The zero-order chi connectivity index (χ0) is 14.9. The predicted octanol–water partition coefficient (Wildman–Crippen LogP) is 2.96. The van der Waals surface area contributed by atoms with Crippen LogP contribution in [-0.4, -0.2) is 21.4 Å². The molecule has 0 saturated heterocycles. The molecule has 1 aromatic carbocycles. The van der Waals surface area contributed by atoms with Gasteiger partial charge in [0.05, 0.1) is 5.69 Å². The third kappa shape index (κ3) is 2.88. The third-order valence-electron chi connectivity index (χ3n) is 2.49. The van der Waals surface area contributed by atoms with Crippen LogP contribution in [0.2, 0.25) is 0 Å². The molecule has 2 rings (SSSR count). The normalized spacial score (nSPS) is 11.4. The second kappa shape index (κ2) is 5.33. The topological polar surface area (TPSA) is 55.0 Å². The Morgan fingerprint density at radius 2 is 2.00 bits per heavy atom. The molecule has 0 bridgehead atoms. The van der Waals surface area contributed by atoms with Crippen LogP contribution in [0.25, 0.3) is 0 Å². The SMILES string of the molecule is CN(c1nc(C(F)(F)F)ns1)c1ccccc1C(N)=S. The quantitative estimate of drug-likeness (QED) is 0.882.